The van der Waals surface area contributed by atoms with E-state index in [1.807, 2.05) is 6.07 Å². The molecule has 1 N–H and O–H groups in total. The predicted molar refractivity (Wildman–Crippen MR) is 73.9 cm³/mol. The highest BCUT2D eigenvalue weighted by atomic mass is 16.2. The van der Waals surface area contributed by atoms with Crippen LogP contribution in [0, 0.1) is 17.2 Å². The van der Waals surface area contributed by atoms with Gasteiger partial charge < -0.3 is 9.88 Å². The zero-order valence-corrected chi connectivity index (χ0v) is 10.9. The average molecular weight is 267 g/mol. The number of anilines is 1. The molecule has 0 fully saturated rings. The Bertz CT molecular complexity index is 668. The number of carbonyl (C=O) groups excluding carboxylic acids is 2. The second-order valence-electron chi connectivity index (χ2n) is 4.29. The summed E-state index contributed by atoms with van der Waals surface area (Å²) in [6, 6.07) is 13.8. The van der Waals surface area contributed by atoms with Crippen LogP contribution in [0.4, 0.5) is 5.69 Å². The molecule has 5 nitrogen and oxygen atoms in total. The lowest BCUT2D eigenvalue weighted by Gasteiger charge is -2.10. The summed E-state index contributed by atoms with van der Waals surface area (Å²) >= 11 is 0. The molecule has 1 aromatic heterocycles. The lowest BCUT2D eigenvalue weighted by molar-refractivity contribution is -0.117. The van der Waals surface area contributed by atoms with Gasteiger partial charge in [0.1, 0.15) is 0 Å². The van der Waals surface area contributed by atoms with Crippen molar-refractivity contribution >= 4 is 17.4 Å². The fraction of sp³-hybridized carbons (Fsp3) is 0.133. The highest BCUT2D eigenvalue weighted by molar-refractivity contribution is 6.15. The second kappa shape index (κ2) is 5.85. The van der Waals surface area contributed by atoms with Gasteiger partial charge in [0.15, 0.2) is 5.92 Å². The minimum atomic E-state index is -1.36. The van der Waals surface area contributed by atoms with Gasteiger partial charge in [-0.1, -0.05) is 18.2 Å². The zero-order valence-electron chi connectivity index (χ0n) is 10.9. The van der Waals surface area contributed by atoms with Crippen molar-refractivity contribution in [2.24, 2.45) is 13.0 Å². The molecule has 2 rings (SSSR count). The molecule has 1 heterocycles. The molecule has 1 atom stereocenters. The van der Waals surface area contributed by atoms with E-state index in [4.69, 9.17) is 5.26 Å². The fourth-order valence-electron chi connectivity index (χ4n) is 1.84. The third-order valence-corrected chi connectivity index (χ3v) is 2.89. The van der Waals surface area contributed by atoms with E-state index in [-0.39, 0.29) is 0 Å². The summed E-state index contributed by atoms with van der Waals surface area (Å²) in [7, 11) is 1.69. The Kier molecular flexibility index (Phi) is 3.96. The maximum atomic E-state index is 12.2. The Balaban J connectivity index is 2.17. The maximum absolute atomic E-state index is 12.2. The van der Waals surface area contributed by atoms with E-state index in [1.165, 1.54) is 0 Å². The van der Waals surface area contributed by atoms with Gasteiger partial charge >= 0.3 is 0 Å². The number of nitrogens with zero attached hydrogens (tertiary/aromatic N) is 2. The number of hydrogen-bond donors (Lipinski definition) is 1. The number of Topliss-reactive ketones (excluding diaryl/α,β-unsaturated/α-hetero) is 1. The van der Waals surface area contributed by atoms with Crippen LogP contribution in [-0.2, 0) is 11.8 Å². The van der Waals surface area contributed by atoms with Gasteiger partial charge in [0, 0.05) is 18.9 Å². The van der Waals surface area contributed by atoms with E-state index >= 15 is 0 Å². The van der Waals surface area contributed by atoms with Crippen LogP contribution in [0.1, 0.15) is 10.5 Å². The van der Waals surface area contributed by atoms with E-state index in [0.29, 0.717) is 11.4 Å². The minimum Gasteiger partial charge on any atom is -0.348 e. The van der Waals surface area contributed by atoms with Crippen molar-refractivity contribution in [2.45, 2.75) is 0 Å². The number of benzene rings is 1. The van der Waals surface area contributed by atoms with Crippen molar-refractivity contribution in [3.63, 3.8) is 0 Å². The van der Waals surface area contributed by atoms with E-state index in [0.717, 1.165) is 0 Å². The topological polar surface area (TPSA) is 74.9 Å². The lowest BCUT2D eigenvalue weighted by atomic mass is 10.0. The summed E-state index contributed by atoms with van der Waals surface area (Å²) in [5, 5.41) is 11.7. The number of carbonyl (C=O) groups is 2. The Morgan fingerprint density at radius 1 is 1.20 bits per heavy atom. The van der Waals surface area contributed by atoms with Gasteiger partial charge in [-0.25, -0.2) is 0 Å². The van der Waals surface area contributed by atoms with Crippen LogP contribution in [0.5, 0.6) is 0 Å². The van der Waals surface area contributed by atoms with Gasteiger partial charge in [-0.2, -0.15) is 5.26 Å². The first-order valence-corrected chi connectivity index (χ1v) is 6.04. The summed E-state index contributed by atoms with van der Waals surface area (Å²) in [4.78, 5) is 24.2. The quantitative estimate of drug-likeness (QED) is 0.680. The molecule has 0 saturated heterocycles. The Morgan fingerprint density at radius 2 is 1.90 bits per heavy atom. The third kappa shape index (κ3) is 2.75. The van der Waals surface area contributed by atoms with Gasteiger partial charge in [-0.05, 0) is 24.3 Å². The summed E-state index contributed by atoms with van der Waals surface area (Å²) in [6.45, 7) is 0. The van der Waals surface area contributed by atoms with Crippen LogP contribution >= 0.6 is 0 Å². The first kappa shape index (κ1) is 13.6. The number of aryl methyl sites for hydroxylation is 1. The number of amides is 1. The second-order valence-corrected chi connectivity index (χ2v) is 4.29. The van der Waals surface area contributed by atoms with E-state index < -0.39 is 17.6 Å². The van der Waals surface area contributed by atoms with E-state index in [2.05, 4.69) is 5.32 Å². The number of rotatable bonds is 4. The first-order valence-electron chi connectivity index (χ1n) is 6.04. The maximum Gasteiger partial charge on any atom is 0.249 e. The smallest absolute Gasteiger partial charge is 0.249 e. The van der Waals surface area contributed by atoms with Crippen LogP contribution < -0.4 is 5.32 Å². The number of para-hydroxylation sites is 1. The molecule has 1 unspecified atom stereocenters. The minimum absolute atomic E-state index is 0.333. The van der Waals surface area contributed by atoms with Crippen molar-refractivity contribution in [1.29, 1.82) is 5.26 Å². The van der Waals surface area contributed by atoms with Gasteiger partial charge in [0.25, 0.3) is 0 Å². The van der Waals surface area contributed by atoms with Gasteiger partial charge in [-0.15, -0.1) is 0 Å². The number of hydrogen-bond acceptors (Lipinski definition) is 3. The summed E-state index contributed by atoms with van der Waals surface area (Å²) < 4.78 is 1.59. The summed E-state index contributed by atoms with van der Waals surface area (Å²) in [5.74, 6) is -2.48. The molecule has 5 heteroatoms. The van der Waals surface area contributed by atoms with Crippen molar-refractivity contribution in [2.75, 3.05) is 5.32 Å². The Hall–Kier alpha value is -2.87. The zero-order chi connectivity index (χ0) is 14.5. The molecule has 1 aromatic carbocycles. The monoisotopic (exact) mass is 267 g/mol. The molecule has 0 aliphatic heterocycles. The summed E-state index contributed by atoms with van der Waals surface area (Å²) in [5.41, 5.74) is 0.886. The van der Waals surface area contributed by atoms with E-state index in [1.54, 1.807) is 60.3 Å². The largest absolute Gasteiger partial charge is 0.348 e. The van der Waals surface area contributed by atoms with Crippen molar-refractivity contribution in [1.82, 2.24) is 4.57 Å². The molecule has 20 heavy (non-hydrogen) atoms. The van der Waals surface area contributed by atoms with Crippen LogP contribution in [0.3, 0.4) is 0 Å². The molecule has 100 valence electrons. The highest BCUT2D eigenvalue weighted by Crippen LogP contribution is 2.13. The molecule has 0 bridgehead atoms. The van der Waals surface area contributed by atoms with E-state index in [9.17, 15) is 9.59 Å². The van der Waals surface area contributed by atoms with Crippen molar-refractivity contribution in [3.05, 3.63) is 54.4 Å². The van der Waals surface area contributed by atoms with Crippen LogP contribution in [0.15, 0.2) is 48.7 Å². The Morgan fingerprint density at radius 3 is 2.45 bits per heavy atom. The summed E-state index contributed by atoms with van der Waals surface area (Å²) in [6.07, 6.45) is 1.69. The molecular formula is C15H13N3O2. The SMILES string of the molecule is Cn1cccc1C(=O)C(C#N)C(=O)Nc1ccccc1. The van der Waals surface area contributed by atoms with Gasteiger partial charge in [0.05, 0.1) is 11.8 Å². The molecular weight excluding hydrogens is 254 g/mol. The number of nitriles is 1. The molecule has 0 aliphatic carbocycles. The van der Waals surface area contributed by atoms with Gasteiger partial charge in [-0.3, -0.25) is 9.59 Å². The molecule has 0 saturated carbocycles. The molecule has 1 amide bonds. The van der Waals surface area contributed by atoms with Crippen molar-refractivity contribution < 1.29 is 9.59 Å². The number of aromatic nitrogens is 1. The highest BCUT2D eigenvalue weighted by Gasteiger charge is 2.28. The van der Waals surface area contributed by atoms with Crippen LogP contribution in [0.2, 0.25) is 0 Å². The third-order valence-electron chi connectivity index (χ3n) is 2.89. The first-order chi connectivity index (χ1) is 9.63. The van der Waals surface area contributed by atoms with Crippen LogP contribution in [-0.4, -0.2) is 16.3 Å². The Labute approximate surface area is 116 Å². The normalized spacial score (nSPS) is 11.4. The molecule has 0 aliphatic rings. The van der Waals surface area contributed by atoms with Crippen molar-refractivity contribution in [3.8, 4) is 6.07 Å². The number of nitrogens with one attached hydrogen (secondary N) is 1. The van der Waals surface area contributed by atoms with Gasteiger partial charge in [0.2, 0.25) is 11.7 Å². The lowest BCUT2D eigenvalue weighted by Crippen LogP contribution is -2.29. The molecule has 0 radical (unpaired) electrons. The standard InChI is InChI=1S/C15H13N3O2/c1-18-9-5-8-13(18)14(19)12(10-16)15(20)17-11-6-3-2-4-7-11/h2-9,12H,1H3,(H,17,20). The average Bonchev–Trinajstić information content (AvgIpc) is 2.86. The number of ketones is 1. The predicted octanol–water partition coefficient (Wildman–Crippen LogP) is 1.99. The molecule has 0 spiro atoms. The molecule has 2 aromatic rings. The van der Waals surface area contributed by atoms with Crippen LogP contribution in [0.25, 0.3) is 0 Å². The fourth-order valence-corrected chi connectivity index (χ4v) is 1.84.